The fraction of sp³-hybridized carbons (Fsp3) is 0.312. The zero-order valence-electron chi connectivity index (χ0n) is 12.2. The zero-order valence-corrected chi connectivity index (χ0v) is 13.0. The first-order chi connectivity index (χ1) is 10.3. The first-order valence-corrected chi connectivity index (χ1v) is 7.81. The molecule has 1 aromatic heterocycles. The van der Waals surface area contributed by atoms with Crippen LogP contribution in [0.3, 0.4) is 0 Å². The van der Waals surface area contributed by atoms with Crippen LogP contribution >= 0.6 is 11.3 Å². The topological polar surface area (TPSA) is 59.6 Å². The molecule has 0 aliphatic heterocycles. The minimum atomic E-state index is -0.0659. The van der Waals surface area contributed by atoms with Crippen molar-refractivity contribution in [2.45, 2.75) is 12.5 Å². The Labute approximate surface area is 129 Å². The SMILES string of the molecule is COC(CN=C(N)NCCc1cccs1)c1ccccc1. The van der Waals surface area contributed by atoms with Gasteiger partial charge in [0.2, 0.25) is 0 Å². The lowest BCUT2D eigenvalue weighted by atomic mass is 10.1. The van der Waals surface area contributed by atoms with E-state index in [0.29, 0.717) is 12.5 Å². The van der Waals surface area contributed by atoms with Crippen molar-refractivity contribution in [2.75, 3.05) is 20.2 Å². The molecular weight excluding hydrogens is 282 g/mol. The highest BCUT2D eigenvalue weighted by Gasteiger charge is 2.08. The highest BCUT2D eigenvalue weighted by atomic mass is 32.1. The third-order valence-corrected chi connectivity index (χ3v) is 4.08. The average molecular weight is 303 g/mol. The van der Waals surface area contributed by atoms with Crippen molar-refractivity contribution >= 4 is 17.3 Å². The summed E-state index contributed by atoms with van der Waals surface area (Å²) in [5.41, 5.74) is 6.99. The number of thiophene rings is 1. The van der Waals surface area contributed by atoms with E-state index in [9.17, 15) is 0 Å². The van der Waals surface area contributed by atoms with E-state index >= 15 is 0 Å². The van der Waals surface area contributed by atoms with Crippen molar-refractivity contribution in [2.24, 2.45) is 10.7 Å². The van der Waals surface area contributed by atoms with Crippen molar-refractivity contribution in [3.8, 4) is 0 Å². The molecule has 1 atom stereocenters. The summed E-state index contributed by atoms with van der Waals surface area (Å²) < 4.78 is 5.46. The van der Waals surface area contributed by atoms with Gasteiger partial charge in [-0.15, -0.1) is 11.3 Å². The molecule has 1 aromatic carbocycles. The summed E-state index contributed by atoms with van der Waals surface area (Å²) >= 11 is 1.75. The van der Waals surface area contributed by atoms with Crippen molar-refractivity contribution in [1.29, 1.82) is 0 Å². The third-order valence-electron chi connectivity index (χ3n) is 3.14. The molecule has 2 rings (SSSR count). The number of ether oxygens (including phenoxy) is 1. The predicted octanol–water partition coefficient (Wildman–Crippen LogP) is 2.58. The second-order valence-electron chi connectivity index (χ2n) is 4.62. The van der Waals surface area contributed by atoms with Gasteiger partial charge in [-0.3, -0.25) is 4.99 Å². The summed E-state index contributed by atoms with van der Waals surface area (Å²) in [5.74, 6) is 0.463. The Kier molecular flexibility index (Phi) is 6.24. The van der Waals surface area contributed by atoms with Crippen LogP contribution in [0, 0.1) is 0 Å². The van der Waals surface area contributed by atoms with Crippen molar-refractivity contribution in [1.82, 2.24) is 5.32 Å². The maximum absolute atomic E-state index is 5.88. The van der Waals surface area contributed by atoms with Crippen LogP contribution in [0.1, 0.15) is 16.5 Å². The quantitative estimate of drug-likeness (QED) is 0.610. The van der Waals surface area contributed by atoms with Crippen LogP contribution in [0.4, 0.5) is 0 Å². The Balaban J connectivity index is 1.78. The lowest BCUT2D eigenvalue weighted by Crippen LogP contribution is -2.33. The maximum atomic E-state index is 5.88. The molecule has 21 heavy (non-hydrogen) atoms. The Morgan fingerprint density at radius 1 is 1.29 bits per heavy atom. The van der Waals surface area contributed by atoms with Crippen LogP contribution in [-0.2, 0) is 11.2 Å². The molecule has 0 fully saturated rings. The van der Waals surface area contributed by atoms with Gasteiger partial charge >= 0.3 is 0 Å². The van der Waals surface area contributed by atoms with E-state index in [1.165, 1.54) is 4.88 Å². The zero-order chi connectivity index (χ0) is 14.9. The van der Waals surface area contributed by atoms with Gasteiger partial charge in [-0.1, -0.05) is 36.4 Å². The number of nitrogens with one attached hydrogen (secondary N) is 1. The number of hydrogen-bond acceptors (Lipinski definition) is 3. The Morgan fingerprint density at radius 2 is 2.10 bits per heavy atom. The molecule has 112 valence electrons. The third kappa shape index (κ3) is 5.21. The Hall–Kier alpha value is -1.85. The number of aliphatic imine (C=N–C) groups is 1. The van der Waals surface area contributed by atoms with Gasteiger partial charge in [0, 0.05) is 18.5 Å². The van der Waals surface area contributed by atoms with Gasteiger partial charge in [0.1, 0.15) is 6.10 Å². The van der Waals surface area contributed by atoms with E-state index in [4.69, 9.17) is 10.5 Å². The van der Waals surface area contributed by atoms with Gasteiger partial charge in [0.25, 0.3) is 0 Å². The van der Waals surface area contributed by atoms with Crippen molar-refractivity contribution in [3.63, 3.8) is 0 Å². The van der Waals surface area contributed by atoms with Gasteiger partial charge in [-0.05, 0) is 23.4 Å². The molecule has 1 heterocycles. The van der Waals surface area contributed by atoms with Gasteiger partial charge < -0.3 is 15.8 Å². The largest absolute Gasteiger partial charge is 0.375 e. The lowest BCUT2D eigenvalue weighted by Gasteiger charge is -2.14. The molecular formula is C16H21N3OS. The number of benzene rings is 1. The fourth-order valence-electron chi connectivity index (χ4n) is 1.99. The molecule has 4 nitrogen and oxygen atoms in total. The number of methoxy groups -OCH3 is 1. The number of guanidine groups is 1. The second-order valence-corrected chi connectivity index (χ2v) is 5.65. The molecule has 2 aromatic rings. The van der Waals surface area contributed by atoms with E-state index < -0.39 is 0 Å². The number of rotatable bonds is 7. The molecule has 0 saturated heterocycles. The highest BCUT2D eigenvalue weighted by Crippen LogP contribution is 2.16. The number of hydrogen-bond donors (Lipinski definition) is 2. The molecule has 0 aliphatic rings. The van der Waals surface area contributed by atoms with E-state index in [1.807, 2.05) is 30.3 Å². The van der Waals surface area contributed by atoms with Gasteiger partial charge in [-0.2, -0.15) is 0 Å². The molecule has 0 radical (unpaired) electrons. The minimum Gasteiger partial charge on any atom is -0.375 e. The molecule has 0 aliphatic carbocycles. The van der Waals surface area contributed by atoms with Crippen LogP contribution in [-0.4, -0.2) is 26.2 Å². The van der Waals surface area contributed by atoms with Crippen LogP contribution in [0.15, 0.2) is 52.8 Å². The van der Waals surface area contributed by atoms with Crippen LogP contribution in [0.25, 0.3) is 0 Å². The Morgan fingerprint density at radius 3 is 2.76 bits per heavy atom. The van der Waals surface area contributed by atoms with E-state index in [-0.39, 0.29) is 6.10 Å². The molecule has 0 amide bonds. The molecule has 5 heteroatoms. The average Bonchev–Trinajstić information content (AvgIpc) is 3.02. The predicted molar refractivity (Wildman–Crippen MR) is 88.7 cm³/mol. The first-order valence-electron chi connectivity index (χ1n) is 6.93. The molecule has 0 saturated carbocycles. The van der Waals surface area contributed by atoms with Gasteiger partial charge in [0.15, 0.2) is 5.96 Å². The summed E-state index contributed by atoms with van der Waals surface area (Å²) in [6.45, 7) is 1.30. The second kappa shape index (κ2) is 8.44. The Bertz CT molecular complexity index is 540. The molecule has 1 unspecified atom stereocenters. The van der Waals surface area contributed by atoms with Crippen molar-refractivity contribution in [3.05, 3.63) is 58.3 Å². The number of nitrogens with zero attached hydrogens (tertiary/aromatic N) is 1. The standard InChI is InChI=1S/C16H21N3OS/c1-20-15(13-6-3-2-4-7-13)12-19-16(17)18-10-9-14-8-5-11-21-14/h2-8,11,15H,9-10,12H2,1H3,(H3,17,18,19). The smallest absolute Gasteiger partial charge is 0.188 e. The van der Waals surface area contributed by atoms with Crippen LogP contribution in [0.2, 0.25) is 0 Å². The van der Waals surface area contributed by atoms with Crippen LogP contribution in [0.5, 0.6) is 0 Å². The highest BCUT2D eigenvalue weighted by molar-refractivity contribution is 7.09. The summed E-state index contributed by atoms with van der Waals surface area (Å²) in [6.07, 6.45) is 0.893. The summed E-state index contributed by atoms with van der Waals surface area (Å²) in [7, 11) is 1.69. The fourth-order valence-corrected chi connectivity index (χ4v) is 2.70. The first kappa shape index (κ1) is 15.5. The van der Waals surface area contributed by atoms with Gasteiger partial charge in [0.05, 0.1) is 6.54 Å². The van der Waals surface area contributed by atoms with Gasteiger partial charge in [-0.25, -0.2) is 0 Å². The van der Waals surface area contributed by atoms with E-state index in [2.05, 4.69) is 27.8 Å². The maximum Gasteiger partial charge on any atom is 0.188 e. The van der Waals surface area contributed by atoms with E-state index in [1.54, 1.807) is 18.4 Å². The summed E-state index contributed by atoms with van der Waals surface area (Å²) in [6, 6.07) is 14.2. The number of nitrogens with two attached hydrogens (primary N) is 1. The summed E-state index contributed by atoms with van der Waals surface area (Å²) in [4.78, 5) is 5.69. The molecule has 3 N–H and O–H groups in total. The van der Waals surface area contributed by atoms with Crippen LogP contribution < -0.4 is 11.1 Å². The summed E-state index contributed by atoms with van der Waals surface area (Å²) in [5, 5.41) is 5.21. The van der Waals surface area contributed by atoms with Crippen molar-refractivity contribution < 1.29 is 4.74 Å². The minimum absolute atomic E-state index is 0.0659. The van der Waals surface area contributed by atoms with E-state index in [0.717, 1.165) is 18.5 Å². The lowest BCUT2D eigenvalue weighted by molar-refractivity contribution is 0.111. The monoisotopic (exact) mass is 303 g/mol. The molecule has 0 bridgehead atoms. The molecule has 0 spiro atoms. The normalized spacial score (nSPS) is 13.1.